The first-order valence-electron chi connectivity index (χ1n) is 6.42. The van der Waals surface area contributed by atoms with Gasteiger partial charge in [0.1, 0.15) is 0 Å². The van der Waals surface area contributed by atoms with E-state index in [2.05, 4.69) is 0 Å². The van der Waals surface area contributed by atoms with Crippen LogP contribution in [-0.2, 0) is 10.1 Å². The number of unbranched alkanes of at least 4 members (excludes halogenated alkanes) is 5. The molecule has 0 aliphatic heterocycles. The van der Waals surface area contributed by atoms with E-state index in [-0.39, 0.29) is 48.8 Å². The summed E-state index contributed by atoms with van der Waals surface area (Å²) in [6.45, 7) is 0. The van der Waals surface area contributed by atoms with E-state index in [0.717, 1.165) is 0 Å². The summed E-state index contributed by atoms with van der Waals surface area (Å²) in [6, 6.07) is 0. The molecule has 0 radical (unpaired) electrons. The molecular weight excluding hydrogens is 349 g/mol. The zero-order valence-corrected chi connectivity index (χ0v) is 15.0. The molecule has 0 aliphatic rings. The summed E-state index contributed by atoms with van der Waals surface area (Å²) < 4.78 is 104. The first-order valence-corrected chi connectivity index (χ1v) is 7.83. The van der Waals surface area contributed by atoms with Gasteiger partial charge in [-0.25, -0.2) is 12.8 Å². The summed E-state index contributed by atoms with van der Waals surface area (Å²) in [7, 11) is -6.04. The third kappa shape index (κ3) is 10.3. The summed E-state index contributed by atoms with van der Waals surface area (Å²) in [5.41, 5.74) is 0. The Kier molecular flexibility index (Phi) is 11.7. The van der Waals surface area contributed by atoms with E-state index in [1.165, 1.54) is 0 Å². The van der Waals surface area contributed by atoms with E-state index < -0.39 is 40.6 Å². The van der Waals surface area contributed by atoms with Crippen molar-refractivity contribution in [1.29, 1.82) is 0 Å². The Labute approximate surface area is 147 Å². The molecule has 0 fully saturated rings. The third-order valence-corrected chi connectivity index (χ3v) is 3.79. The van der Waals surface area contributed by atoms with Crippen LogP contribution in [0.5, 0.6) is 0 Å². The van der Waals surface area contributed by atoms with Crippen LogP contribution >= 0.6 is 0 Å². The first-order chi connectivity index (χ1) is 9.38. The predicted molar refractivity (Wildman–Crippen MR) is 62.5 cm³/mol. The van der Waals surface area contributed by atoms with Gasteiger partial charge < -0.3 is 4.55 Å². The topological polar surface area (TPSA) is 57.2 Å². The van der Waals surface area contributed by atoms with Crippen LogP contribution < -0.4 is 29.6 Å². The Morgan fingerprint density at radius 1 is 0.864 bits per heavy atom. The Morgan fingerprint density at radius 2 is 1.27 bits per heavy atom. The molecule has 22 heavy (non-hydrogen) atoms. The van der Waals surface area contributed by atoms with Gasteiger partial charge in [0, 0.05) is 6.42 Å². The van der Waals surface area contributed by atoms with E-state index >= 15 is 0 Å². The molecule has 1 unspecified atom stereocenters. The van der Waals surface area contributed by atoms with Gasteiger partial charge in [0.25, 0.3) is 0 Å². The van der Waals surface area contributed by atoms with Crippen molar-refractivity contribution in [2.24, 2.45) is 0 Å². The Morgan fingerprint density at radius 3 is 1.68 bits per heavy atom. The molecule has 3 nitrogen and oxygen atoms in total. The van der Waals surface area contributed by atoms with Crippen molar-refractivity contribution >= 4 is 10.1 Å². The van der Waals surface area contributed by atoms with Crippen LogP contribution in [0.2, 0.25) is 0 Å². The van der Waals surface area contributed by atoms with Crippen LogP contribution in [0, 0.1) is 0 Å². The van der Waals surface area contributed by atoms with Crippen molar-refractivity contribution in [2.75, 3.05) is 0 Å². The van der Waals surface area contributed by atoms with E-state index in [1.54, 1.807) is 0 Å². The molecule has 0 aromatic rings. The average molecular weight is 366 g/mol. The summed E-state index contributed by atoms with van der Waals surface area (Å²) in [5.74, 6) is 0. The fourth-order valence-electron chi connectivity index (χ4n) is 1.68. The number of rotatable bonds is 10. The quantitative estimate of drug-likeness (QED) is 0.252. The summed E-state index contributed by atoms with van der Waals surface area (Å²) >= 11 is 0. The fourth-order valence-corrected chi connectivity index (χ4v) is 2.11. The minimum Gasteiger partial charge on any atom is -0.743 e. The van der Waals surface area contributed by atoms with Gasteiger partial charge in [-0.3, -0.25) is 0 Å². The van der Waals surface area contributed by atoms with Crippen LogP contribution in [0.1, 0.15) is 51.4 Å². The summed E-state index contributed by atoms with van der Waals surface area (Å²) in [6.07, 6.45) is -7.53. The largest absolute Gasteiger partial charge is 1.00 e. The van der Waals surface area contributed by atoms with Gasteiger partial charge in [0.2, 0.25) is 0 Å². The molecule has 0 saturated heterocycles. The van der Waals surface area contributed by atoms with E-state index in [1.807, 2.05) is 0 Å². The van der Waals surface area contributed by atoms with Gasteiger partial charge in [0.05, 0.1) is 0 Å². The Hall–Kier alpha value is 0.490. The van der Waals surface area contributed by atoms with Gasteiger partial charge in [-0.15, -0.1) is 0 Å². The minimum absolute atomic E-state index is 0. The molecule has 128 valence electrons. The Balaban J connectivity index is 0. The average Bonchev–Trinajstić information content (AvgIpc) is 2.29. The van der Waals surface area contributed by atoms with Crippen molar-refractivity contribution in [3.63, 3.8) is 0 Å². The van der Waals surface area contributed by atoms with Gasteiger partial charge in [-0.05, 0) is 12.8 Å². The predicted octanol–water partition coefficient (Wildman–Crippen LogP) is 1.15. The number of hydrogen-bond donors (Lipinski definition) is 0. The second kappa shape index (κ2) is 10.4. The molecule has 0 saturated carbocycles. The smallest absolute Gasteiger partial charge is 0.743 e. The fraction of sp³-hybridized carbons (Fsp3) is 1.00. The molecule has 0 aromatic carbocycles. The molecule has 1 atom stereocenters. The number of halogens is 6. The third-order valence-electron chi connectivity index (χ3n) is 2.87. The molecule has 0 N–H and O–H groups in total. The van der Waals surface area contributed by atoms with Crippen molar-refractivity contribution in [3.05, 3.63) is 0 Å². The number of alkyl halides is 6. The molecule has 0 heterocycles. The van der Waals surface area contributed by atoms with E-state index in [4.69, 9.17) is 0 Å². The van der Waals surface area contributed by atoms with Crippen LogP contribution in [0.15, 0.2) is 0 Å². The van der Waals surface area contributed by atoms with Crippen LogP contribution in [0.4, 0.5) is 26.3 Å². The summed E-state index contributed by atoms with van der Waals surface area (Å²) in [4.78, 5) is 0. The normalized spacial score (nSPS) is 14.5. The molecule has 0 spiro atoms. The second-order valence-corrected chi connectivity index (χ2v) is 6.21. The van der Waals surface area contributed by atoms with Crippen LogP contribution in [0.3, 0.4) is 0 Å². The van der Waals surface area contributed by atoms with E-state index in [9.17, 15) is 39.3 Å². The summed E-state index contributed by atoms with van der Waals surface area (Å²) in [5, 5.41) is -4.94. The molecule has 0 aromatic heterocycles. The maximum absolute atomic E-state index is 13.0. The van der Waals surface area contributed by atoms with Gasteiger partial charge in [-0.2, -0.15) is 22.0 Å². The standard InChI is InChI=1S/C11H18F6O3S.Na/c12-9(11(16,17)21(18,19)20)7-5-3-1-2-4-6-8-10(13,14)15;/h9H,1-8H2,(H,18,19,20);/q;+1/p-1. The molecule has 0 rings (SSSR count). The zero-order chi connectivity index (χ0) is 16.7. The van der Waals surface area contributed by atoms with Crippen molar-refractivity contribution in [2.45, 2.75) is 69.0 Å². The van der Waals surface area contributed by atoms with Gasteiger partial charge in [-0.1, -0.05) is 32.1 Å². The molecule has 11 heteroatoms. The zero-order valence-electron chi connectivity index (χ0n) is 12.1. The van der Waals surface area contributed by atoms with Crippen molar-refractivity contribution in [1.82, 2.24) is 0 Å². The van der Waals surface area contributed by atoms with Crippen LogP contribution in [0.25, 0.3) is 0 Å². The monoisotopic (exact) mass is 366 g/mol. The molecular formula is C11H17F6NaO3S. The first kappa shape index (κ1) is 24.7. The van der Waals surface area contributed by atoms with Gasteiger partial charge in [0.15, 0.2) is 16.3 Å². The van der Waals surface area contributed by atoms with Gasteiger partial charge >= 0.3 is 41.0 Å². The maximum Gasteiger partial charge on any atom is 1.00 e. The van der Waals surface area contributed by atoms with Crippen LogP contribution in [-0.4, -0.2) is 30.6 Å². The second-order valence-electron chi connectivity index (χ2n) is 4.76. The SMILES string of the molecule is O=S(=O)([O-])C(F)(F)C(F)CCCCCCCCC(F)(F)F.[Na+]. The number of hydrogen-bond acceptors (Lipinski definition) is 3. The Bertz CT molecular complexity index is 399. The maximum atomic E-state index is 13.0. The van der Waals surface area contributed by atoms with Crippen molar-refractivity contribution in [3.8, 4) is 0 Å². The van der Waals surface area contributed by atoms with E-state index in [0.29, 0.717) is 19.3 Å². The minimum atomic E-state index is -6.04. The molecule has 0 aliphatic carbocycles. The molecule has 0 bridgehead atoms. The van der Waals surface area contributed by atoms with Crippen molar-refractivity contribution < 1.29 is 68.9 Å². The molecule has 0 amide bonds.